The average Bonchev–Trinajstić information content (AvgIpc) is 3.35. The van der Waals surface area contributed by atoms with Gasteiger partial charge in [0, 0.05) is 48.5 Å². The summed E-state index contributed by atoms with van der Waals surface area (Å²) < 4.78 is 17.7. The molecule has 1 saturated heterocycles. The number of carbonyl (C=O) groups is 2. The van der Waals surface area contributed by atoms with Crippen molar-refractivity contribution in [2.45, 2.75) is 45.3 Å². The van der Waals surface area contributed by atoms with E-state index in [-0.39, 0.29) is 11.8 Å². The molecular weight excluding hydrogens is 506 g/mol. The van der Waals surface area contributed by atoms with Crippen LogP contribution in [-0.2, 0) is 4.79 Å². The van der Waals surface area contributed by atoms with Gasteiger partial charge in [0.05, 0.1) is 5.69 Å². The molecule has 1 aliphatic carbocycles. The summed E-state index contributed by atoms with van der Waals surface area (Å²) >= 11 is 1.35. The summed E-state index contributed by atoms with van der Waals surface area (Å²) in [6.07, 6.45) is 2.12. The third kappa shape index (κ3) is 5.23. The van der Waals surface area contributed by atoms with E-state index < -0.39 is 6.10 Å². The first-order valence-electron chi connectivity index (χ1n) is 12.4. The minimum absolute atomic E-state index is 0.00469. The zero-order valence-corrected chi connectivity index (χ0v) is 21.7. The molecule has 2 amide bonds. The van der Waals surface area contributed by atoms with Gasteiger partial charge in [0.2, 0.25) is 11.8 Å². The second kappa shape index (κ2) is 9.90. The second-order valence-electron chi connectivity index (χ2n) is 9.35. The van der Waals surface area contributed by atoms with Crippen LogP contribution in [0.1, 0.15) is 41.2 Å². The summed E-state index contributed by atoms with van der Waals surface area (Å²) in [4.78, 5) is 32.1. The van der Waals surface area contributed by atoms with E-state index in [0.717, 1.165) is 24.1 Å². The third-order valence-electron chi connectivity index (χ3n) is 6.30. The van der Waals surface area contributed by atoms with Crippen LogP contribution in [0.25, 0.3) is 11.5 Å². The smallest absolute Gasteiger partial charge is 0.263 e. The lowest BCUT2D eigenvalue weighted by Crippen LogP contribution is -2.33. The Morgan fingerprint density at radius 3 is 2.53 bits per heavy atom. The van der Waals surface area contributed by atoms with Crippen LogP contribution in [0.3, 0.4) is 0 Å². The van der Waals surface area contributed by atoms with Gasteiger partial charge in [0.1, 0.15) is 17.2 Å². The molecule has 11 heteroatoms. The van der Waals surface area contributed by atoms with Crippen molar-refractivity contribution in [3.05, 3.63) is 65.0 Å². The molecule has 194 valence electrons. The molecule has 1 aliphatic heterocycles. The maximum atomic E-state index is 13.1. The first-order chi connectivity index (χ1) is 18.4. The zero-order valence-electron chi connectivity index (χ0n) is 20.8. The molecule has 1 saturated carbocycles. The van der Waals surface area contributed by atoms with Crippen molar-refractivity contribution < 1.29 is 23.5 Å². The lowest BCUT2D eigenvalue weighted by Gasteiger charge is -2.17. The fraction of sp³-hybridized carbons (Fsp3) is 0.296. The number of thiazole rings is 1. The van der Waals surface area contributed by atoms with Gasteiger partial charge in [0.15, 0.2) is 11.2 Å². The molecule has 2 aromatic carbocycles. The van der Waals surface area contributed by atoms with Gasteiger partial charge in [-0.2, -0.15) is 0 Å². The van der Waals surface area contributed by atoms with Crippen LogP contribution in [0.15, 0.2) is 52.3 Å². The number of hydrogen-bond acceptors (Lipinski definition) is 9. The van der Waals surface area contributed by atoms with Crippen LogP contribution in [0.4, 0.5) is 5.13 Å². The first kappa shape index (κ1) is 24.1. The molecule has 3 heterocycles. The van der Waals surface area contributed by atoms with E-state index in [4.69, 9.17) is 13.9 Å². The van der Waals surface area contributed by atoms with Crippen molar-refractivity contribution in [1.29, 1.82) is 0 Å². The number of ether oxygens (including phenoxy) is 2. The van der Waals surface area contributed by atoms with Crippen LogP contribution >= 0.6 is 11.3 Å². The first-order valence-corrected chi connectivity index (χ1v) is 13.2. The van der Waals surface area contributed by atoms with Gasteiger partial charge < -0.3 is 18.8 Å². The highest BCUT2D eigenvalue weighted by Gasteiger charge is 2.41. The zero-order chi connectivity index (χ0) is 26.2. The second-order valence-corrected chi connectivity index (χ2v) is 10.2. The fourth-order valence-corrected chi connectivity index (χ4v) is 5.01. The lowest BCUT2D eigenvalue weighted by molar-refractivity contribution is -0.133. The van der Waals surface area contributed by atoms with Crippen LogP contribution in [0.5, 0.6) is 17.2 Å². The number of anilines is 1. The quantitative estimate of drug-likeness (QED) is 0.337. The summed E-state index contributed by atoms with van der Waals surface area (Å²) in [5, 5.41) is 13.1. The summed E-state index contributed by atoms with van der Waals surface area (Å²) in [6.45, 7) is 4.28. The standard InChI is InChI=1S/C27H25N5O5S/c1-15-14-38-27(28-15)29-24(33)18-11-21(36-20-7-3-17(4-8-20)25-31-30-16(2)35-25)13-22(12-18)37-23-9-10-32(26(23)34)19-5-6-19/h3-4,7-8,11-14,19,23H,5-6,9-10H2,1-2H3,(H,28,29,33). The molecule has 1 atom stereocenters. The van der Waals surface area contributed by atoms with Crippen molar-refractivity contribution in [2.75, 3.05) is 11.9 Å². The Hall–Kier alpha value is -4.25. The molecule has 0 radical (unpaired) electrons. The van der Waals surface area contributed by atoms with Gasteiger partial charge in [0.25, 0.3) is 11.8 Å². The Balaban J connectivity index is 1.24. The Morgan fingerprint density at radius 1 is 1.05 bits per heavy atom. The highest BCUT2D eigenvalue weighted by atomic mass is 32.1. The van der Waals surface area contributed by atoms with Gasteiger partial charge in [-0.1, -0.05) is 0 Å². The molecule has 2 fully saturated rings. The van der Waals surface area contributed by atoms with Crippen molar-refractivity contribution >= 4 is 28.3 Å². The average molecular weight is 532 g/mol. The molecule has 2 aromatic heterocycles. The topological polar surface area (TPSA) is 120 Å². The maximum absolute atomic E-state index is 13.1. The number of nitrogens with one attached hydrogen (secondary N) is 1. The molecule has 38 heavy (non-hydrogen) atoms. The number of benzene rings is 2. The predicted molar refractivity (Wildman–Crippen MR) is 140 cm³/mol. The number of likely N-dealkylation sites (tertiary alicyclic amines) is 1. The molecule has 4 aromatic rings. The SMILES string of the molecule is Cc1csc(NC(=O)c2cc(Oc3ccc(-c4nnc(C)o4)cc3)cc(OC3CCN(C4CC4)C3=O)c2)n1. The van der Waals surface area contributed by atoms with E-state index in [2.05, 4.69) is 20.5 Å². The third-order valence-corrected chi connectivity index (χ3v) is 7.18. The highest BCUT2D eigenvalue weighted by Crippen LogP contribution is 2.34. The van der Waals surface area contributed by atoms with E-state index in [9.17, 15) is 9.59 Å². The fourth-order valence-electron chi connectivity index (χ4n) is 4.32. The molecule has 1 unspecified atom stereocenters. The normalized spacial score (nSPS) is 17.1. The summed E-state index contributed by atoms with van der Waals surface area (Å²) in [5.74, 6) is 1.87. The Morgan fingerprint density at radius 2 is 1.84 bits per heavy atom. The van der Waals surface area contributed by atoms with Gasteiger partial charge in [-0.15, -0.1) is 21.5 Å². The van der Waals surface area contributed by atoms with Crippen LogP contribution in [-0.4, -0.2) is 50.6 Å². The number of nitrogens with zero attached hydrogens (tertiary/aromatic N) is 4. The minimum atomic E-state index is -0.583. The van der Waals surface area contributed by atoms with Crippen molar-refractivity contribution in [1.82, 2.24) is 20.1 Å². The predicted octanol–water partition coefficient (Wildman–Crippen LogP) is 5.00. The minimum Gasteiger partial charge on any atom is -0.480 e. The number of aromatic nitrogens is 3. The molecule has 6 rings (SSSR count). The van der Waals surface area contributed by atoms with Gasteiger partial charge in [-0.05, 0) is 56.2 Å². The van der Waals surface area contributed by atoms with Gasteiger partial charge >= 0.3 is 0 Å². The van der Waals surface area contributed by atoms with E-state index >= 15 is 0 Å². The molecule has 10 nitrogen and oxygen atoms in total. The Kier molecular flexibility index (Phi) is 6.28. The number of carbonyl (C=O) groups excluding carboxylic acids is 2. The van der Waals surface area contributed by atoms with Crippen molar-refractivity contribution in [3.8, 4) is 28.7 Å². The number of hydrogen-bond donors (Lipinski definition) is 1. The van der Waals surface area contributed by atoms with Crippen LogP contribution < -0.4 is 14.8 Å². The van der Waals surface area contributed by atoms with Gasteiger partial charge in [-0.25, -0.2) is 4.98 Å². The van der Waals surface area contributed by atoms with Crippen LogP contribution in [0.2, 0.25) is 0 Å². The molecule has 1 N–H and O–H groups in total. The summed E-state index contributed by atoms with van der Waals surface area (Å²) in [6, 6.07) is 12.4. The number of amides is 2. The van der Waals surface area contributed by atoms with E-state index in [1.165, 1.54) is 11.3 Å². The monoisotopic (exact) mass is 531 g/mol. The Labute approximate surface area is 222 Å². The largest absolute Gasteiger partial charge is 0.480 e. The van der Waals surface area contributed by atoms with E-state index in [0.29, 0.717) is 58.7 Å². The molecule has 2 aliphatic rings. The maximum Gasteiger partial charge on any atom is 0.263 e. The molecule has 0 bridgehead atoms. The van der Waals surface area contributed by atoms with Gasteiger partial charge in [-0.3, -0.25) is 14.9 Å². The summed E-state index contributed by atoms with van der Waals surface area (Å²) in [5.41, 5.74) is 1.91. The Bertz CT molecular complexity index is 1490. The highest BCUT2D eigenvalue weighted by molar-refractivity contribution is 7.13. The van der Waals surface area contributed by atoms with E-state index in [1.54, 1.807) is 37.3 Å². The van der Waals surface area contributed by atoms with Crippen molar-refractivity contribution in [3.63, 3.8) is 0 Å². The van der Waals surface area contributed by atoms with Crippen molar-refractivity contribution in [2.24, 2.45) is 0 Å². The van der Waals surface area contributed by atoms with E-state index in [1.807, 2.05) is 29.3 Å². The summed E-state index contributed by atoms with van der Waals surface area (Å²) in [7, 11) is 0. The van der Waals surface area contributed by atoms with Crippen LogP contribution in [0, 0.1) is 13.8 Å². The number of aryl methyl sites for hydroxylation is 2. The number of rotatable bonds is 8. The molecule has 0 spiro atoms. The molecular formula is C27H25N5O5S. The lowest BCUT2D eigenvalue weighted by atomic mass is 10.1.